The smallest absolute Gasteiger partial charge is 0.248 e. The number of hydrogen-bond donors (Lipinski definition) is 2. The van der Waals surface area contributed by atoms with Crippen molar-refractivity contribution in [2.45, 2.75) is 64.0 Å². The van der Waals surface area contributed by atoms with E-state index < -0.39 is 5.54 Å². The third-order valence-corrected chi connectivity index (χ3v) is 5.85. The van der Waals surface area contributed by atoms with Crippen LogP contribution in [0.3, 0.4) is 0 Å². The van der Waals surface area contributed by atoms with Crippen molar-refractivity contribution in [1.29, 1.82) is 0 Å². The van der Waals surface area contributed by atoms with Gasteiger partial charge in [0, 0.05) is 18.4 Å². The quantitative estimate of drug-likeness (QED) is 0.874. The molecule has 0 atom stereocenters. The maximum Gasteiger partial charge on any atom is 0.248 e. The lowest BCUT2D eigenvalue weighted by Crippen LogP contribution is -2.56. The summed E-state index contributed by atoms with van der Waals surface area (Å²) in [4.78, 5) is 13.1. The van der Waals surface area contributed by atoms with Crippen LogP contribution < -0.4 is 10.6 Å². The van der Waals surface area contributed by atoms with Crippen LogP contribution in [0.25, 0.3) is 0 Å². The van der Waals surface area contributed by atoms with Gasteiger partial charge in [-0.2, -0.15) is 5.10 Å². The first-order valence-electron chi connectivity index (χ1n) is 9.13. The summed E-state index contributed by atoms with van der Waals surface area (Å²) in [5.74, 6) is 1.74. The fraction of sp³-hybridized carbons (Fsp3) is 0.778. The molecule has 2 heterocycles. The first kappa shape index (κ1) is 19.3. The largest absolute Gasteiger partial charge is 0.351 e. The number of carbonyl (C=O) groups excluding carboxylic acids is 1. The number of piperidine rings is 1. The molecule has 1 amide bonds. The Labute approximate surface area is 151 Å². The number of carbonyl (C=O) groups is 1. The van der Waals surface area contributed by atoms with E-state index in [1.165, 1.54) is 12.8 Å². The summed E-state index contributed by atoms with van der Waals surface area (Å²) >= 11 is 0. The molecule has 1 aromatic heterocycles. The molecule has 5 nitrogen and oxygen atoms in total. The van der Waals surface area contributed by atoms with Gasteiger partial charge in [0.2, 0.25) is 5.91 Å². The second-order valence-corrected chi connectivity index (χ2v) is 7.56. The molecule has 0 unspecified atom stereocenters. The van der Waals surface area contributed by atoms with E-state index in [0.717, 1.165) is 50.6 Å². The maximum absolute atomic E-state index is 13.1. The molecule has 1 aliphatic carbocycles. The maximum atomic E-state index is 13.1. The highest BCUT2D eigenvalue weighted by atomic mass is 35.5. The standard InChI is InChI=1S/C18H30N4O.ClH/c1-14(2)15-4-6-16(7-5-15)21-17(23)18(8-11-19-12-9-18)22-13-3-10-20-22;/h3,10,13-16,19H,4-9,11-12H2,1-2H3,(H,21,23);1H. The molecule has 0 aromatic carbocycles. The molecule has 1 aromatic rings. The van der Waals surface area contributed by atoms with Gasteiger partial charge in [0.15, 0.2) is 0 Å². The van der Waals surface area contributed by atoms with Crippen LogP contribution in [0, 0.1) is 11.8 Å². The van der Waals surface area contributed by atoms with Gasteiger partial charge in [-0.1, -0.05) is 13.8 Å². The molecular formula is C18H31ClN4O. The molecule has 2 N–H and O–H groups in total. The van der Waals surface area contributed by atoms with Crippen LogP contribution in [0.4, 0.5) is 0 Å². The van der Waals surface area contributed by atoms with Crippen molar-refractivity contribution >= 4 is 18.3 Å². The van der Waals surface area contributed by atoms with Gasteiger partial charge < -0.3 is 10.6 Å². The zero-order valence-electron chi connectivity index (χ0n) is 14.8. The summed E-state index contributed by atoms with van der Waals surface area (Å²) in [6.45, 7) is 6.36. The first-order chi connectivity index (χ1) is 11.1. The lowest BCUT2D eigenvalue weighted by Gasteiger charge is -2.39. The minimum absolute atomic E-state index is 0. The van der Waals surface area contributed by atoms with Crippen molar-refractivity contribution < 1.29 is 4.79 Å². The minimum Gasteiger partial charge on any atom is -0.351 e. The number of aromatic nitrogens is 2. The van der Waals surface area contributed by atoms with Gasteiger partial charge in [0.05, 0.1) is 0 Å². The minimum atomic E-state index is -0.510. The van der Waals surface area contributed by atoms with Crippen molar-refractivity contribution in [3.8, 4) is 0 Å². The molecule has 1 saturated carbocycles. The van der Waals surface area contributed by atoms with Crippen LogP contribution in [-0.2, 0) is 10.3 Å². The summed E-state index contributed by atoms with van der Waals surface area (Å²) < 4.78 is 1.88. The highest BCUT2D eigenvalue weighted by Crippen LogP contribution is 2.32. The molecule has 2 fully saturated rings. The van der Waals surface area contributed by atoms with E-state index in [1.54, 1.807) is 6.20 Å². The summed E-state index contributed by atoms with van der Waals surface area (Å²) in [6, 6.07) is 2.24. The van der Waals surface area contributed by atoms with Gasteiger partial charge in [0.25, 0.3) is 0 Å². The molecule has 3 rings (SSSR count). The highest BCUT2D eigenvalue weighted by molar-refractivity contribution is 5.85. The van der Waals surface area contributed by atoms with Crippen molar-refractivity contribution in [3.63, 3.8) is 0 Å². The SMILES string of the molecule is CC(C)C1CCC(NC(=O)C2(n3cccn3)CCNCC2)CC1.Cl. The van der Waals surface area contributed by atoms with E-state index in [-0.39, 0.29) is 18.3 Å². The summed E-state index contributed by atoms with van der Waals surface area (Å²) in [7, 11) is 0. The van der Waals surface area contributed by atoms with Gasteiger partial charge in [-0.3, -0.25) is 9.48 Å². The summed E-state index contributed by atoms with van der Waals surface area (Å²) in [5, 5.41) is 11.1. The number of nitrogens with zero attached hydrogens (tertiary/aromatic N) is 2. The molecule has 0 spiro atoms. The predicted octanol–water partition coefficient (Wildman–Crippen LogP) is 2.71. The van der Waals surface area contributed by atoms with E-state index >= 15 is 0 Å². The summed E-state index contributed by atoms with van der Waals surface area (Å²) in [5.41, 5.74) is -0.510. The molecule has 0 bridgehead atoms. The number of amides is 1. The molecule has 6 heteroatoms. The third-order valence-electron chi connectivity index (χ3n) is 5.85. The normalized spacial score (nSPS) is 26.6. The fourth-order valence-corrected chi connectivity index (χ4v) is 4.17. The predicted molar refractivity (Wildman–Crippen MR) is 98.3 cm³/mol. The molecule has 1 saturated heterocycles. The number of nitrogens with one attached hydrogen (secondary N) is 2. The number of halogens is 1. The van der Waals surface area contributed by atoms with Crippen LogP contribution >= 0.6 is 12.4 Å². The lowest BCUT2D eigenvalue weighted by molar-refractivity contribution is -0.133. The van der Waals surface area contributed by atoms with E-state index in [9.17, 15) is 4.79 Å². The molecule has 136 valence electrons. The lowest BCUT2D eigenvalue weighted by atomic mass is 9.79. The first-order valence-corrected chi connectivity index (χ1v) is 9.13. The second-order valence-electron chi connectivity index (χ2n) is 7.56. The van der Waals surface area contributed by atoms with Gasteiger partial charge in [-0.25, -0.2) is 0 Å². The Bertz CT molecular complexity index is 503. The van der Waals surface area contributed by atoms with E-state index in [2.05, 4.69) is 29.6 Å². The van der Waals surface area contributed by atoms with Crippen molar-refractivity contribution in [2.24, 2.45) is 11.8 Å². The number of hydrogen-bond acceptors (Lipinski definition) is 3. The molecule has 2 aliphatic rings. The average molecular weight is 355 g/mol. The number of rotatable bonds is 4. The Hall–Kier alpha value is -1.07. The Morgan fingerprint density at radius 1 is 1.25 bits per heavy atom. The topological polar surface area (TPSA) is 59.0 Å². The monoisotopic (exact) mass is 354 g/mol. The van der Waals surface area contributed by atoms with Gasteiger partial charge in [-0.05, 0) is 69.5 Å². The molecule has 1 aliphatic heterocycles. The Balaban J connectivity index is 0.00000208. The fourth-order valence-electron chi connectivity index (χ4n) is 4.17. The zero-order valence-corrected chi connectivity index (χ0v) is 15.6. The summed E-state index contributed by atoms with van der Waals surface area (Å²) in [6.07, 6.45) is 10.0. The van der Waals surface area contributed by atoms with Crippen LogP contribution in [0.1, 0.15) is 52.4 Å². The molecule has 24 heavy (non-hydrogen) atoms. The van der Waals surface area contributed by atoms with Gasteiger partial charge in [0.1, 0.15) is 5.54 Å². The molecular weight excluding hydrogens is 324 g/mol. The van der Waals surface area contributed by atoms with Gasteiger partial charge in [-0.15, -0.1) is 12.4 Å². The van der Waals surface area contributed by atoms with Crippen molar-refractivity contribution in [2.75, 3.05) is 13.1 Å². The zero-order chi connectivity index (χ0) is 16.3. The second kappa shape index (κ2) is 8.34. The highest BCUT2D eigenvalue weighted by Gasteiger charge is 2.42. The Morgan fingerprint density at radius 3 is 2.46 bits per heavy atom. The van der Waals surface area contributed by atoms with E-state index in [1.807, 2.05) is 16.9 Å². The Kier molecular flexibility index (Phi) is 6.70. The van der Waals surface area contributed by atoms with Crippen LogP contribution in [0.15, 0.2) is 18.5 Å². The van der Waals surface area contributed by atoms with Crippen LogP contribution in [0.2, 0.25) is 0 Å². The van der Waals surface area contributed by atoms with Crippen LogP contribution in [-0.4, -0.2) is 34.8 Å². The van der Waals surface area contributed by atoms with Crippen molar-refractivity contribution in [3.05, 3.63) is 18.5 Å². The average Bonchev–Trinajstić information content (AvgIpc) is 3.11. The Morgan fingerprint density at radius 2 is 1.92 bits per heavy atom. The van der Waals surface area contributed by atoms with Gasteiger partial charge >= 0.3 is 0 Å². The van der Waals surface area contributed by atoms with E-state index in [0.29, 0.717) is 6.04 Å². The van der Waals surface area contributed by atoms with Crippen LogP contribution in [0.5, 0.6) is 0 Å². The molecule has 0 radical (unpaired) electrons. The van der Waals surface area contributed by atoms with E-state index in [4.69, 9.17) is 0 Å². The van der Waals surface area contributed by atoms with Crippen molar-refractivity contribution in [1.82, 2.24) is 20.4 Å². The third kappa shape index (κ3) is 3.94.